The molecule has 5 heteroatoms. The molecule has 0 spiro atoms. The molecule has 1 rings (SSSR count). The van der Waals surface area contributed by atoms with Gasteiger partial charge in [0.25, 0.3) is 0 Å². The number of piperazine rings is 1. The summed E-state index contributed by atoms with van der Waals surface area (Å²) in [5.41, 5.74) is 0. The lowest BCUT2D eigenvalue weighted by Crippen LogP contribution is -2.58. The highest BCUT2D eigenvalue weighted by Crippen LogP contribution is 2.10. The van der Waals surface area contributed by atoms with E-state index in [4.69, 9.17) is 9.47 Å². The van der Waals surface area contributed by atoms with Crippen LogP contribution in [-0.2, 0) is 14.3 Å². The number of rotatable bonds is 5. The number of ether oxygens (including phenoxy) is 2. The zero-order chi connectivity index (χ0) is 12.0. The van der Waals surface area contributed by atoms with Gasteiger partial charge in [0.15, 0.2) is 0 Å². The molecule has 5 nitrogen and oxygen atoms in total. The second-order valence-electron chi connectivity index (χ2n) is 4.01. The summed E-state index contributed by atoms with van der Waals surface area (Å²) in [6.45, 7) is 7.39. The molecule has 1 aliphatic rings. The minimum absolute atomic E-state index is 0.141. The molecule has 1 heterocycles. The van der Waals surface area contributed by atoms with Gasteiger partial charge < -0.3 is 14.8 Å². The Labute approximate surface area is 97.1 Å². The summed E-state index contributed by atoms with van der Waals surface area (Å²) in [5.74, 6) is -0.141. The zero-order valence-electron chi connectivity index (χ0n) is 10.4. The second kappa shape index (κ2) is 6.83. The van der Waals surface area contributed by atoms with Crippen LogP contribution in [0.25, 0.3) is 0 Å². The molecule has 1 N–H and O–H groups in total. The Bertz CT molecular complexity index is 223. The molecule has 94 valence electrons. The highest BCUT2D eigenvalue weighted by molar-refractivity contribution is 5.76. The summed E-state index contributed by atoms with van der Waals surface area (Å²) in [4.78, 5) is 13.9. The van der Waals surface area contributed by atoms with Crippen LogP contribution in [0.4, 0.5) is 0 Å². The van der Waals surface area contributed by atoms with Crippen molar-refractivity contribution in [3.8, 4) is 0 Å². The molecule has 0 bridgehead atoms. The fourth-order valence-corrected chi connectivity index (χ4v) is 2.04. The molecule has 16 heavy (non-hydrogen) atoms. The molecular weight excluding hydrogens is 208 g/mol. The van der Waals surface area contributed by atoms with Crippen molar-refractivity contribution in [3.05, 3.63) is 0 Å². The summed E-state index contributed by atoms with van der Waals surface area (Å²) in [5, 5.41) is 3.22. The van der Waals surface area contributed by atoms with Gasteiger partial charge in [0, 0.05) is 32.8 Å². The van der Waals surface area contributed by atoms with Gasteiger partial charge in [-0.25, -0.2) is 0 Å². The van der Waals surface area contributed by atoms with Crippen molar-refractivity contribution in [1.29, 1.82) is 0 Å². The van der Waals surface area contributed by atoms with Gasteiger partial charge in [-0.2, -0.15) is 0 Å². The topological polar surface area (TPSA) is 50.8 Å². The summed E-state index contributed by atoms with van der Waals surface area (Å²) >= 11 is 0. The minimum atomic E-state index is -0.182. The van der Waals surface area contributed by atoms with Gasteiger partial charge in [-0.1, -0.05) is 0 Å². The molecule has 0 aliphatic carbocycles. The summed E-state index contributed by atoms with van der Waals surface area (Å²) < 4.78 is 10.2. The molecule has 2 atom stereocenters. The molecule has 0 saturated carbocycles. The minimum Gasteiger partial charge on any atom is -0.465 e. The van der Waals surface area contributed by atoms with Gasteiger partial charge in [0.1, 0.15) is 6.04 Å². The number of carbonyl (C=O) groups excluding carboxylic acids is 1. The van der Waals surface area contributed by atoms with E-state index in [9.17, 15) is 4.79 Å². The van der Waals surface area contributed by atoms with Crippen LogP contribution in [0, 0.1) is 0 Å². The van der Waals surface area contributed by atoms with Crippen molar-refractivity contribution in [2.45, 2.75) is 25.9 Å². The van der Waals surface area contributed by atoms with Crippen LogP contribution in [-0.4, -0.2) is 62.9 Å². The van der Waals surface area contributed by atoms with Gasteiger partial charge in [0.2, 0.25) is 0 Å². The normalized spacial score (nSPS) is 24.1. The van der Waals surface area contributed by atoms with Crippen LogP contribution in [0.5, 0.6) is 0 Å². The van der Waals surface area contributed by atoms with E-state index in [1.165, 1.54) is 0 Å². The van der Waals surface area contributed by atoms with Crippen molar-refractivity contribution in [3.63, 3.8) is 0 Å². The van der Waals surface area contributed by atoms with E-state index in [0.29, 0.717) is 19.8 Å². The van der Waals surface area contributed by atoms with Crippen molar-refractivity contribution in [1.82, 2.24) is 10.2 Å². The number of nitrogens with zero attached hydrogens (tertiary/aromatic N) is 1. The third kappa shape index (κ3) is 3.43. The van der Waals surface area contributed by atoms with E-state index in [2.05, 4.69) is 17.1 Å². The third-order valence-electron chi connectivity index (χ3n) is 2.82. The monoisotopic (exact) mass is 230 g/mol. The first kappa shape index (κ1) is 13.4. The average Bonchev–Trinajstić information content (AvgIpc) is 2.30. The Balaban J connectivity index is 2.59. The van der Waals surface area contributed by atoms with Crippen LogP contribution in [0.2, 0.25) is 0 Å². The van der Waals surface area contributed by atoms with Crippen molar-refractivity contribution >= 4 is 5.97 Å². The van der Waals surface area contributed by atoms with Crippen LogP contribution >= 0.6 is 0 Å². The fraction of sp³-hybridized carbons (Fsp3) is 0.909. The largest absolute Gasteiger partial charge is 0.465 e. The lowest BCUT2D eigenvalue weighted by atomic mass is 10.1. The molecule has 0 aromatic carbocycles. The highest BCUT2D eigenvalue weighted by Gasteiger charge is 2.32. The average molecular weight is 230 g/mol. The Kier molecular flexibility index (Phi) is 5.73. The Morgan fingerprint density at radius 3 is 3.00 bits per heavy atom. The summed E-state index contributed by atoms with van der Waals surface area (Å²) in [6, 6.07) is 0.0559. The second-order valence-corrected chi connectivity index (χ2v) is 4.01. The number of hydrogen-bond donors (Lipinski definition) is 1. The van der Waals surface area contributed by atoms with Gasteiger partial charge in [-0.3, -0.25) is 9.69 Å². The third-order valence-corrected chi connectivity index (χ3v) is 2.82. The fourth-order valence-electron chi connectivity index (χ4n) is 2.04. The van der Waals surface area contributed by atoms with Gasteiger partial charge in [-0.05, 0) is 13.8 Å². The van der Waals surface area contributed by atoms with Crippen LogP contribution in [0.3, 0.4) is 0 Å². The van der Waals surface area contributed by atoms with E-state index < -0.39 is 0 Å². The van der Waals surface area contributed by atoms with E-state index >= 15 is 0 Å². The van der Waals surface area contributed by atoms with E-state index in [0.717, 1.165) is 13.1 Å². The molecule has 0 aromatic heterocycles. The molecule has 1 saturated heterocycles. The van der Waals surface area contributed by atoms with E-state index in [1.54, 1.807) is 7.11 Å². The molecular formula is C11H22N2O3. The van der Waals surface area contributed by atoms with Gasteiger partial charge in [0.05, 0.1) is 13.2 Å². The van der Waals surface area contributed by atoms with Crippen LogP contribution < -0.4 is 5.32 Å². The number of hydrogen-bond acceptors (Lipinski definition) is 5. The molecule has 1 fully saturated rings. The van der Waals surface area contributed by atoms with Crippen molar-refractivity contribution < 1.29 is 14.3 Å². The maximum absolute atomic E-state index is 11.8. The molecule has 2 unspecified atom stereocenters. The highest BCUT2D eigenvalue weighted by atomic mass is 16.5. The maximum Gasteiger partial charge on any atom is 0.324 e. The molecule has 0 aromatic rings. The number of methoxy groups -OCH3 is 1. The zero-order valence-corrected chi connectivity index (χ0v) is 10.4. The first-order chi connectivity index (χ1) is 7.70. The lowest BCUT2D eigenvalue weighted by molar-refractivity contribution is -0.151. The predicted molar refractivity (Wildman–Crippen MR) is 61.3 cm³/mol. The Morgan fingerprint density at radius 2 is 2.38 bits per heavy atom. The first-order valence-electron chi connectivity index (χ1n) is 5.82. The number of carbonyl (C=O) groups is 1. The Hall–Kier alpha value is -0.650. The Morgan fingerprint density at radius 1 is 1.62 bits per heavy atom. The van der Waals surface area contributed by atoms with Crippen LogP contribution in [0.15, 0.2) is 0 Å². The summed E-state index contributed by atoms with van der Waals surface area (Å²) in [7, 11) is 1.68. The van der Waals surface area contributed by atoms with E-state index in [-0.39, 0.29) is 18.1 Å². The van der Waals surface area contributed by atoms with Crippen molar-refractivity contribution in [2.75, 3.05) is 40.0 Å². The van der Waals surface area contributed by atoms with Crippen molar-refractivity contribution in [2.24, 2.45) is 0 Å². The maximum atomic E-state index is 11.8. The van der Waals surface area contributed by atoms with Gasteiger partial charge >= 0.3 is 5.97 Å². The first-order valence-corrected chi connectivity index (χ1v) is 5.82. The number of esters is 1. The standard InChI is InChI=1S/C11H22N2O3/c1-4-16-11(14)10-7-12-5-6-13(10)9(2)8-15-3/h9-10,12H,4-8H2,1-3H3. The molecule has 0 amide bonds. The quantitative estimate of drug-likeness (QED) is 0.666. The molecule has 0 radical (unpaired) electrons. The summed E-state index contributed by atoms with van der Waals surface area (Å²) in [6.07, 6.45) is 0. The van der Waals surface area contributed by atoms with E-state index in [1.807, 2.05) is 6.92 Å². The molecule has 1 aliphatic heterocycles. The predicted octanol–water partition coefficient (Wildman–Crippen LogP) is -0.142. The lowest BCUT2D eigenvalue weighted by Gasteiger charge is -2.38. The number of nitrogens with one attached hydrogen (secondary N) is 1. The van der Waals surface area contributed by atoms with Crippen LogP contribution in [0.1, 0.15) is 13.8 Å². The van der Waals surface area contributed by atoms with Gasteiger partial charge in [-0.15, -0.1) is 0 Å². The SMILES string of the molecule is CCOC(=O)C1CNCCN1C(C)COC. The smallest absolute Gasteiger partial charge is 0.324 e.